The van der Waals surface area contributed by atoms with Gasteiger partial charge in [-0.3, -0.25) is 18.7 Å². The Morgan fingerprint density at radius 2 is 1.26 bits per heavy atom. The molecule has 0 aliphatic carbocycles. The van der Waals surface area contributed by atoms with Gasteiger partial charge in [0.25, 0.3) is 11.1 Å². The van der Waals surface area contributed by atoms with E-state index in [0.717, 1.165) is 45.5 Å². The molecule has 0 atom stereocenters. The van der Waals surface area contributed by atoms with Crippen LogP contribution in [0.3, 0.4) is 0 Å². The number of nitrogens with one attached hydrogen (secondary N) is 1. The number of furan rings is 1. The topological polar surface area (TPSA) is 148 Å². The summed E-state index contributed by atoms with van der Waals surface area (Å²) in [4.78, 5) is 58.1. The Bertz CT molecular complexity index is 2400. The fraction of sp³-hybridized carbons (Fsp3) is 0.250. The van der Waals surface area contributed by atoms with E-state index in [1.807, 2.05) is 56.3 Å². The lowest BCUT2D eigenvalue weighted by Crippen LogP contribution is -2.30. The van der Waals surface area contributed by atoms with Crippen LogP contribution in [0, 0.1) is 13.8 Å². The maximum absolute atomic E-state index is 13.2. The summed E-state index contributed by atoms with van der Waals surface area (Å²) in [5.74, 6) is 0.426. The number of hydrogen-bond acceptors (Lipinski definition) is 10. The molecule has 0 saturated carbocycles. The van der Waals surface area contributed by atoms with Gasteiger partial charge in [-0.15, -0.1) is 0 Å². The van der Waals surface area contributed by atoms with Crippen molar-refractivity contribution in [1.29, 1.82) is 0 Å². The zero-order chi connectivity index (χ0) is 38.9. The smallest absolute Gasteiger partial charge is 0.345 e. The standard InChI is InChI=1S/C25H24ClN3O4.C15H15ClN2O3/c1-4-21-15(3)19-12-18(10-11-22(19)33-21)28-25-27-13-20(24(31)32-5-2)23(30)29(25)14-16-6-8-17(26)9-7-16;1-3-21-15(20)13-8-17-10(2)18(14(13)19)9-11-4-6-12(16)7-5-11/h6-13H,4-5,14H2,1-3H3,(H,27,28);4-8H,3,9H2,1-2H3. The number of fused-ring (bicyclic) bond motifs is 1. The Morgan fingerprint density at radius 1 is 0.741 bits per heavy atom. The first-order valence-electron chi connectivity index (χ1n) is 17.2. The molecule has 6 aromatic rings. The first kappa shape index (κ1) is 39.5. The zero-order valence-corrected chi connectivity index (χ0v) is 32.0. The number of halogens is 2. The minimum absolute atomic E-state index is 0.0589. The van der Waals surface area contributed by atoms with Gasteiger partial charge >= 0.3 is 11.9 Å². The lowest BCUT2D eigenvalue weighted by atomic mass is 10.1. The monoisotopic (exact) mass is 771 g/mol. The molecule has 0 aliphatic rings. The van der Waals surface area contributed by atoms with Gasteiger partial charge in [-0.25, -0.2) is 19.6 Å². The van der Waals surface area contributed by atoms with Gasteiger partial charge in [0, 0.05) is 33.7 Å². The predicted molar refractivity (Wildman–Crippen MR) is 208 cm³/mol. The van der Waals surface area contributed by atoms with Crippen LogP contribution < -0.4 is 16.4 Å². The van der Waals surface area contributed by atoms with Crippen molar-refractivity contribution in [3.8, 4) is 0 Å². The third-order valence-electron chi connectivity index (χ3n) is 8.40. The second kappa shape index (κ2) is 17.9. The summed E-state index contributed by atoms with van der Waals surface area (Å²) in [5.41, 5.74) is 3.29. The highest BCUT2D eigenvalue weighted by Crippen LogP contribution is 2.29. The van der Waals surface area contributed by atoms with Crippen LogP contribution in [0.1, 0.15) is 69.8 Å². The van der Waals surface area contributed by atoms with Gasteiger partial charge < -0.3 is 19.2 Å². The molecule has 3 heterocycles. The van der Waals surface area contributed by atoms with Gasteiger partial charge in [0.05, 0.1) is 32.5 Å². The number of benzene rings is 3. The van der Waals surface area contributed by atoms with Gasteiger partial charge in [0.15, 0.2) is 0 Å². The van der Waals surface area contributed by atoms with Crippen molar-refractivity contribution in [2.75, 3.05) is 18.5 Å². The number of nitrogens with zero attached hydrogens (tertiary/aromatic N) is 4. The minimum atomic E-state index is -0.700. The number of hydrogen-bond donors (Lipinski definition) is 1. The Labute approximate surface area is 321 Å². The molecule has 1 N–H and O–H groups in total. The van der Waals surface area contributed by atoms with Crippen LogP contribution in [0.5, 0.6) is 0 Å². The summed E-state index contributed by atoms with van der Waals surface area (Å²) in [6, 6.07) is 20.0. The number of anilines is 2. The maximum Gasteiger partial charge on any atom is 0.345 e. The van der Waals surface area contributed by atoms with Crippen LogP contribution >= 0.6 is 23.2 Å². The van der Waals surface area contributed by atoms with Gasteiger partial charge in [-0.1, -0.05) is 54.4 Å². The molecule has 0 radical (unpaired) electrons. The highest BCUT2D eigenvalue weighted by Gasteiger charge is 2.19. The fourth-order valence-corrected chi connectivity index (χ4v) is 5.81. The second-order valence-electron chi connectivity index (χ2n) is 12.0. The normalized spacial score (nSPS) is 10.8. The van der Waals surface area contributed by atoms with E-state index in [4.69, 9.17) is 37.1 Å². The lowest BCUT2D eigenvalue weighted by molar-refractivity contribution is 0.0513. The number of carbonyl (C=O) groups excluding carboxylic acids is 2. The van der Waals surface area contributed by atoms with E-state index in [-0.39, 0.29) is 30.9 Å². The van der Waals surface area contributed by atoms with E-state index in [1.165, 1.54) is 21.5 Å². The van der Waals surface area contributed by atoms with Crippen LogP contribution in [0.2, 0.25) is 10.0 Å². The quantitative estimate of drug-likeness (QED) is 0.129. The Hall–Kier alpha value is -5.72. The van der Waals surface area contributed by atoms with Gasteiger partial charge in [0.2, 0.25) is 5.95 Å². The van der Waals surface area contributed by atoms with E-state index < -0.39 is 23.1 Å². The zero-order valence-electron chi connectivity index (χ0n) is 30.4. The highest BCUT2D eigenvalue weighted by atomic mass is 35.5. The molecule has 54 heavy (non-hydrogen) atoms. The third kappa shape index (κ3) is 9.25. The SMILES string of the molecule is CCOC(=O)c1cnc(C)n(Cc2ccc(Cl)cc2)c1=O.CCOC(=O)c1cnc(Nc2ccc3oc(CC)c(C)c3c2)n(Cc2ccc(Cl)cc2)c1=O. The summed E-state index contributed by atoms with van der Waals surface area (Å²) < 4.78 is 18.6. The van der Waals surface area contributed by atoms with E-state index in [0.29, 0.717) is 28.4 Å². The number of aromatic nitrogens is 4. The summed E-state index contributed by atoms with van der Waals surface area (Å²) >= 11 is 11.8. The number of rotatable bonds is 11. The summed E-state index contributed by atoms with van der Waals surface area (Å²) in [7, 11) is 0. The molecule has 3 aromatic carbocycles. The molecule has 14 heteroatoms. The molecular formula is C40H39Cl2N5O7. The lowest BCUT2D eigenvalue weighted by Gasteiger charge is -2.15. The molecule has 3 aromatic heterocycles. The van der Waals surface area contributed by atoms with Crippen LogP contribution in [0.15, 0.2) is 93.1 Å². The van der Waals surface area contributed by atoms with Crippen LogP contribution in [-0.4, -0.2) is 44.3 Å². The van der Waals surface area contributed by atoms with Gasteiger partial charge in [0.1, 0.15) is 28.3 Å². The first-order chi connectivity index (χ1) is 25.9. The molecule has 0 unspecified atom stereocenters. The number of ether oxygens (including phenoxy) is 2. The Balaban J connectivity index is 0.000000230. The van der Waals surface area contributed by atoms with Gasteiger partial charge in [-0.05, 0) is 86.8 Å². The van der Waals surface area contributed by atoms with Crippen molar-refractivity contribution in [3.63, 3.8) is 0 Å². The predicted octanol–water partition coefficient (Wildman–Crippen LogP) is 7.91. The van der Waals surface area contributed by atoms with Crippen molar-refractivity contribution in [1.82, 2.24) is 19.1 Å². The third-order valence-corrected chi connectivity index (χ3v) is 8.91. The number of esters is 2. The molecule has 0 spiro atoms. The van der Waals surface area contributed by atoms with E-state index in [1.54, 1.807) is 45.0 Å². The van der Waals surface area contributed by atoms with Crippen LogP contribution in [0.25, 0.3) is 11.0 Å². The maximum atomic E-state index is 13.2. The largest absolute Gasteiger partial charge is 0.462 e. The summed E-state index contributed by atoms with van der Waals surface area (Å²) in [6.07, 6.45) is 3.31. The van der Waals surface area contributed by atoms with E-state index in [9.17, 15) is 19.2 Å². The minimum Gasteiger partial charge on any atom is -0.462 e. The molecule has 280 valence electrons. The van der Waals surface area contributed by atoms with Crippen LogP contribution in [-0.2, 0) is 29.0 Å². The average molecular weight is 773 g/mol. The molecule has 12 nitrogen and oxygen atoms in total. The van der Waals surface area contributed by atoms with Crippen molar-refractivity contribution >= 4 is 57.7 Å². The summed E-state index contributed by atoms with van der Waals surface area (Å²) in [6.45, 7) is 10.1. The van der Waals surface area contributed by atoms with E-state index >= 15 is 0 Å². The van der Waals surface area contributed by atoms with Crippen molar-refractivity contribution in [3.05, 3.63) is 149 Å². The van der Waals surface area contributed by atoms with Gasteiger partial charge in [-0.2, -0.15) is 0 Å². The number of carbonyl (C=O) groups is 2. The second-order valence-corrected chi connectivity index (χ2v) is 12.9. The molecule has 0 fully saturated rings. The van der Waals surface area contributed by atoms with Crippen molar-refractivity contribution < 1.29 is 23.5 Å². The van der Waals surface area contributed by atoms with Crippen molar-refractivity contribution in [2.45, 2.75) is 54.1 Å². The first-order valence-corrected chi connectivity index (χ1v) is 18.0. The number of aryl methyl sites for hydroxylation is 3. The molecule has 6 rings (SSSR count). The Kier molecular flexibility index (Phi) is 13.1. The van der Waals surface area contributed by atoms with E-state index in [2.05, 4.69) is 15.3 Å². The average Bonchev–Trinajstić information content (AvgIpc) is 3.48. The van der Waals surface area contributed by atoms with Crippen LogP contribution in [0.4, 0.5) is 11.6 Å². The summed E-state index contributed by atoms with van der Waals surface area (Å²) in [5, 5.41) is 5.44. The Morgan fingerprint density at radius 3 is 1.80 bits per heavy atom. The molecule has 0 bridgehead atoms. The highest BCUT2D eigenvalue weighted by molar-refractivity contribution is 6.30. The molecule has 0 amide bonds. The molecule has 0 aliphatic heterocycles. The molecular weight excluding hydrogens is 733 g/mol. The molecule has 0 saturated heterocycles. The fourth-order valence-electron chi connectivity index (χ4n) is 5.56. The van der Waals surface area contributed by atoms with Crippen molar-refractivity contribution in [2.24, 2.45) is 0 Å².